The molecule has 0 aliphatic carbocycles. The van der Waals surface area contributed by atoms with Gasteiger partial charge in [0.1, 0.15) is 30.3 Å². The Balaban J connectivity index is 2.97. The number of hydrogen-bond acceptors (Lipinski definition) is 10. The van der Waals surface area contributed by atoms with Crippen LogP contribution in [0.3, 0.4) is 0 Å². The van der Waals surface area contributed by atoms with Crippen molar-refractivity contribution in [2.24, 2.45) is 23.7 Å². The van der Waals surface area contributed by atoms with Crippen LogP contribution in [0.25, 0.3) is 0 Å². The van der Waals surface area contributed by atoms with E-state index in [0.717, 1.165) is 5.69 Å². The Hall–Kier alpha value is -3.46. The molecule has 0 spiro atoms. The highest BCUT2D eigenvalue weighted by Crippen LogP contribution is 2.17. The first-order chi connectivity index (χ1) is 21.5. The van der Waals surface area contributed by atoms with Gasteiger partial charge < -0.3 is 41.2 Å². The largest absolute Gasteiger partial charge is 0.447 e. The highest BCUT2D eigenvalue weighted by Gasteiger charge is 2.32. The molecule has 15 heteroatoms. The minimum atomic E-state index is -1.34. The fraction of sp³-hybridized carbons (Fsp3) is 0.742. The molecule has 1 heterocycles. The van der Waals surface area contributed by atoms with Gasteiger partial charge in [-0.25, -0.2) is 14.6 Å². The lowest BCUT2D eigenvalue weighted by atomic mass is 9.91. The van der Waals surface area contributed by atoms with Crippen molar-refractivity contribution in [1.82, 2.24) is 31.6 Å². The third-order valence-corrected chi connectivity index (χ3v) is 7.74. The van der Waals surface area contributed by atoms with Gasteiger partial charge in [-0.05, 0) is 44.4 Å². The van der Waals surface area contributed by atoms with Crippen LogP contribution in [0.15, 0.2) is 5.38 Å². The zero-order valence-electron chi connectivity index (χ0n) is 28.6. The van der Waals surface area contributed by atoms with Crippen molar-refractivity contribution >= 4 is 41.2 Å². The van der Waals surface area contributed by atoms with Crippen LogP contribution in [0.5, 0.6) is 0 Å². The minimum absolute atomic E-state index is 0.00922. The molecule has 6 N–H and O–H groups in total. The van der Waals surface area contributed by atoms with E-state index in [-0.39, 0.29) is 36.7 Å². The molecule has 0 bridgehead atoms. The standard InChI is InChI=1S/C31H54N6O8S/c1-10-32-30(42)44-14-23(36-31(43)45-15-25-34-21(9)16-46-25)28(40)35-22(11-17(2)3)24(38)12-20(8)27(39)37-26(19(6)7)29(41)33-13-18(4)5/h16-20,22-24,26,38H,10-15H2,1-9H3,(H,32,42)(H,33,41)(H,35,40)(H,36,43)(H,37,39)/t20-,22+,23+,24+,26+/m1/s1. The van der Waals surface area contributed by atoms with Gasteiger partial charge in [-0.1, -0.05) is 48.5 Å². The topological polar surface area (TPSA) is 197 Å². The summed E-state index contributed by atoms with van der Waals surface area (Å²) in [6.07, 6.45) is -2.50. The van der Waals surface area contributed by atoms with Crippen LogP contribution < -0.4 is 26.6 Å². The van der Waals surface area contributed by atoms with Gasteiger partial charge >= 0.3 is 12.2 Å². The summed E-state index contributed by atoms with van der Waals surface area (Å²) in [5.74, 6) is -1.95. The number of alkyl carbamates (subject to hydrolysis) is 2. The van der Waals surface area contributed by atoms with Crippen LogP contribution in [0.2, 0.25) is 0 Å². The highest BCUT2D eigenvalue weighted by molar-refractivity contribution is 7.09. The summed E-state index contributed by atoms with van der Waals surface area (Å²) in [5.41, 5.74) is 0.782. The number of aryl methyl sites for hydroxylation is 1. The zero-order chi connectivity index (χ0) is 35.0. The molecule has 0 fully saturated rings. The van der Waals surface area contributed by atoms with Gasteiger partial charge in [-0.15, -0.1) is 11.3 Å². The van der Waals surface area contributed by atoms with Crippen LogP contribution in [0.4, 0.5) is 9.59 Å². The third-order valence-electron chi connectivity index (χ3n) is 6.80. The minimum Gasteiger partial charge on any atom is -0.447 e. The number of amides is 5. The highest BCUT2D eigenvalue weighted by atomic mass is 32.1. The van der Waals surface area contributed by atoms with E-state index >= 15 is 0 Å². The first-order valence-corrected chi connectivity index (χ1v) is 16.7. The predicted octanol–water partition coefficient (Wildman–Crippen LogP) is 2.62. The number of aliphatic hydroxyl groups excluding tert-OH is 1. The van der Waals surface area contributed by atoms with E-state index < -0.39 is 60.8 Å². The molecule has 1 aromatic heterocycles. The van der Waals surface area contributed by atoms with Crippen molar-refractivity contribution < 1.29 is 38.6 Å². The van der Waals surface area contributed by atoms with E-state index in [1.807, 2.05) is 53.8 Å². The summed E-state index contributed by atoms with van der Waals surface area (Å²) in [7, 11) is 0. The van der Waals surface area contributed by atoms with Crippen molar-refractivity contribution in [2.75, 3.05) is 19.7 Å². The van der Waals surface area contributed by atoms with Gasteiger partial charge in [0.05, 0.1) is 12.1 Å². The lowest BCUT2D eigenvalue weighted by Crippen LogP contribution is -2.55. The van der Waals surface area contributed by atoms with E-state index in [2.05, 4.69) is 31.6 Å². The Bertz CT molecular complexity index is 1130. The molecule has 5 amide bonds. The second kappa shape index (κ2) is 20.6. The Morgan fingerprint density at radius 2 is 1.52 bits per heavy atom. The maximum atomic E-state index is 13.4. The van der Waals surface area contributed by atoms with Gasteiger partial charge in [0.15, 0.2) is 0 Å². The summed E-state index contributed by atoms with van der Waals surface area (Å²) in [6, 6.07) is -2.89. The number of ether oxygens (including phenoxy) is 2. The number of nitrogens with one attached hydrogen (secondary N) is 5. The number of nitrogens with zero attached hydrogens (tertiary/aromatic N) is 1. The van der Waals surface area contributed by atoms with Crippen molar-refractivity contribution in [1.29, 1.82) is 0 Å². The summed E-state index contributed by atoms with van der Waals surface area (Å²) in [6.45, 7) is 16.8. The molecule has 0 unspecified atom stereocenters. The van der Waals surface area contributed by atoms with E-state index in [4.69, 9.17) is 9.47 Å². The smallest absolute Gasteiger partial charge is 0.408 e. The molecule has 0 saturated carbocycles. The summed E-state index contributed by atoms with van der Waals surface area (Å²) < 4.78 is 10.3. The van der Waals surface area contributed by atoms with Crippen LogP contribution in [0, 0.1) is 30.6 Å². The fourth-order valence-electron chi connectivity index (χ4n) is 4.30. The maximum Gasteiger partial charge on any atom is 0.408 e. The molecule has 5 atom stereocenters. The van der Waals surface area contributed by atoms with Gasteiger partial charge in [0.25, 0.3) is 0 Å². The summed E-state index contributed by atoms with van der Waals surface area (Å²) in [4.78, 5) is 67.9. The molecule has 262 valence electrons. The molecule has 46 heavy (non-hydrogen) atoms. The molecule has 0 radical (unpaired) electrons. The fourth-order valence-corrected chi connectivity index (χ4v) is 4.98. The van der Waals surface area contributed by atoms with E-state index in [0.29, 0.717) is 24.5 Å². The number of aromatic nitrogens is 1. The average Bonchev–Trinajstić information content (AvgIpc) is 3.39. The second-order valence-corrected chi connectivity index (χ2v) is 13.5. The molecule has 0 aromatic carbocycles. The van der Waals surface area contributed by atoms with Gasteiger partial charge in [0.2, 0.25) is 17.7 Å². The summed E-state index contributed by atoms with van der Waals surface area (Å²) >= 11 is 1.32. The predicted molar refractivity (Wildman–Crippen MR) is 175 cm³/mol. The second-order valence-electron chi connectivity index (χ2n) is 12.6. The average molecular weight is 671 g/mol. The molecule has 0 aliphatic rings. The van der Waals surface area contributed by atoms with Gasteiger partial charge in [-0.2, -0.15) is 0 Å². The first kappa shape index (κ1) is 40.6. The summed E-state index contributed by atoms with van der Waals surface area (Å²) in [5, 5.41) is 26.9. The third kappa shape index (κ3) is 15.7. The maximum absolute atomic E-state index is 13.4. The van der Waals surface area contributed by atoms with Crippen molar-refractivity contribution in [2.45, 2.75) is 106 Å². The van der Waals surface area contributed by atoms with Gasteiger partial charge in [-0.3, -0.25) is 14.4 Å². The quantitative estimate of drug-likeness (QED) is 0.128. The SMILES string of the molecule is CCNC(=O)OC[C@H](NC(=O)OCc1nc(C)cs1)C(=O)N[C@@H](CC(C)C)[C@@H](O)C[C@@H](C)C(=O)N[C@H](C(=O)NCC(C)C)C(C)C. The van der Waals surface area contributed by atoms with Crippen LogP contribution in [-0.4, -0.2) is 83.9 Å². The lowest BCUT2D eigenvalue weighted by molar-refractivity contribution is -0.132. The van der Waals surface area contributed by atoms with Crippen molar-refractivity contribution in [3.63, 3.8) is 0 Å². The van der Waals surface area contributed by atoms with E-state index in [9.17, 15) is 29.1 Å². The number of rotatable bonds is 19. The van der Waals surface area contributed by atoms with Crippen LogP contribution in [0.1, 0.15) is 78.9 Å². The molecule has 1 aromatic rings. The van der Waals surface area contributed by atoms with Crippen molar-refractivity contribution in [3.05, 3.63) is 16.1 Å². The molecule has 0 saturated heterocycles. The molecule has 14 nitrogen and oxygen atoms in total. The Labute approximate surface area is 276 Å². The van der Waals surface area contributed by atoms with Crippen LogP contribution in [-0.2, 0) is 30.5 Å². The van der Waals surface area contributed by atoms with E-state index in [1.54, 1.807) is 13.8 Å². The van der Waals surface area contributed by atoms with Crippen LogP contribution >= 0.6 is 11.3 Å². The monoisotopic (exact) mass is 670 g/mol. The Kier molecular flexibility index (Phi) is 18.2. The number of hydrogen-bond donors (Lipinski definition) is 6. The molecule has 0 aliphatic heterocycles. The van der Waals surface area contributed by atoms with Gasteiger partial charge in [0, 0.05) is 30.1 Å². The lowest BCUT2D eigenvalue weighted by Gasteiger charge is -2.30. The molecular formula is C31H54N6O8S. The Morgan fingerprint density at radius 3 is 2.07 bits per heavy atom. The zero-order valence-corrected chi connectivity index (χ0v) is 29.4. The molecule has 1 rings (SSSR count). The van der Waals surface area contributed by atoms with E-state index in [1.165, 1.54) is 11.3 Å². The number of aliphatic hydroxyl groups is 1. The van der Waals surface area contributed by atoms with Crippen molar-refractivity contribution in [3.8, 4) is 0 Å². The number of carbonyl (C=O) groups is 5. The normalized spacial score (nSPS) is 14.5. The number of carbonyl (C=O) groups excluding carboxylic acids is 5. The first-order valence-electron chi connectivity index (χ1n) is 15.8. The Morgan fingerprint density at radius 1 is 0.848 bits per heavy atom. The molecular weight excluding hydrogens is 616 g/mol. The number of thiazole rings is 1.